The fraction of sp³-hybridized carbons (Fsp3) is 0.0667. The van der Waals surface area contributed by atoms with Gasteiger partial charge in [0, 0.05) is 10.4 Å². The van der Waals surface area contributed by atoms with Gasteiger partial charge in [-0.2, -0.15) is 36.0 Å². The number of allylic oxidation sites excluding steroid dienone is 1. The number of halogens is 4. The predicted octanol–water partition coefficient (Wildman–Crippen LogP) is 6.91. The molecule has 0 amide bonds. The molecular weight excluding hydrogens is 490 g/mol. The number of hydrogen-bond acceptors (Lipinski definition) is 1. The first-order chi connectivity index (χ1) is 10.1. The Bertz CT molecular complexity index is 715. The van der Waals surface area contributed by atoms with Crippen molar-refractivity contribution in [3.63, 3.8) is 0 Å². The van der Waals surface area contributed by atoms with Crippen molar-refractivity contribution in [1.82, 2.24) is 0 Å². The van der Waals surface area contributed by atoms with Crippen molar-refractivity contribution >= 4 is 59.3 Å². The molecule has 0 saturated heterocycles. The molecule has 107 valence electrons. The van der Waals surface area contributed by atoms with E-state index in [1.165, 1.54) is 26.5 Å². The maximum absolute atomic E-state index is 5.00. The van der Waals surface area contributed by atoms with Crippen LogP contribution in [0.1, 0.15) is 22.6 Å². The van der Waals surface area contributed by atoms with Crippen LogP contribution in [0.4, 0.5) is 0 Å². The molecule has 0 N–H and O–H groups in total. The molecule has 2 aromatic carbocycles. The van der Waals surface area contributed by atoms with E-state index in [2.05, 4.69) is 58.4 Å². The Kier molecular flexibility index (Phi) is 5.63. The Labute approximate surface area is 155 Å². The average molecular weight is 498 g/mol. The SMILES string of the molecule is Brc1ccc2c(c1)C=C1Sc3ccc[c-]c3C12.[Cl][Zr]([Cl])[Cl]. The van der Waals surface area contributed by atoms with Gasteiger partial charge in [-0.15, -0.1) is 5.56 Å². The van der Waals surface area contributed by atoms with E-state index in [0.717, 1.165) is 4.47 Å². The molecule has 21 heavy (non-hydrogen) atoms. The number of thioether (sulfide) groups is 1. The summed E-state index contributed by atoms with van der Waals surface area (Å²) in [5.41, 5.74) is 4.09. The van der Waals surface area contributed by atoms with Crippen molar-refractivity contribution in [2.75, 3.05) is 0 Å². The van der Waals surface area contributed by atoms with Crippen molar-refractivity contribution < 1.29 is 18.2 Å². The molecule has 1 unspecified atom stereocenters. The summed E-state index contributed by atoms with van der Waals surface area (Å²) in [4.78, 5) is 2.80. The Morgan fingerprint density at radius 2 is 1.95 bits per heavy atom. The molecule has 0 fully saturated rings. The van der Waals surface area contributed by atoms with Gasteiger partial charge in [0.1, 0.15) is 0 Å². The zero-order chi connectivity index (χ0) is 15.0. The van der Waals surface area contributed by atoms with Crippen LogP contribution in [0.15, 0.2) is 50.7 Å². The van der Waals surface area contributed by atoms with Crippen LogP contribution in [-0.2, 0) is 18.2 Å². The van der Waals surface area contributed by atoms with Crippen molar-refractivity contribution in [2.24, 2.45) is 0 Å². The first-order valence-corrected chi connectivity index (χ1v) is 17.2. The summed E-state index contributed by atoms with van der Waals surface area (Å²) in [7, 11) is 15.0. The summed E-state index contributed by atoms with van der Waals surface area (Å²) in [6.07, 6.45) is 2.31. The third-order valence-electron chi connectivity index (χ3n) is 3.31. The van der Waals surface area contributed by atoms with Crippen LogP contribution in [0.2, 0.25) is 0 Å². The molecule has 1 heterocycles. The molecule has 0 saturated carbocycles. The molecule has 2 aromatic rings. The summed E-state index contributed by atoms with van der Waals surface area (Å²) in [5, 5.41) is 0. The average Bonchev–Trinajstić information content (AvgIpc) is 2.92. The van der Waals surface area contributed by atoms with Crippen LogP contribution in [0.3, 0.4) is 0 Å². The molecule has 1 aliphatic heterocycles. The van der Waals surface area contributed by atoms with Crippen LogP contribution < -0.4 is 0 Å². The summed E-state index contributed by atoms with van der Waals surface area (Å²) < 4.78 is 1.15. The zero-order valence-electron chi connectivity index (χ0n) is 10.5. The molecule has 0 spiro atoms. The molecule has 1 aliphatic carbocycles. The maximum atomic E-state index is 5.00. The van der Waals surface area contributed by atoms with Crippen LogP contribution in [0, 0.1) is 6.07 Å². The summed E-state index contributed by atoms with van der Waals surface area (Å²) in [5.74, 6) is 0.430. The van der Waals surface area contributed by atoms with E-state index >= 15 is 0 Å². The van der Waals surface area contributed by atoms with Crippen molar-refractivity contribution in [3.05, 3.63) is 68.5 Å². The Balaban J connectivity index is 0.000000298. The first-order valence-electron chi connectivity index (χ1n) is 6.09. The number of rotatable bonds is 0. The monoisotopic (exact) mass is 494 g/mol. The molecule has 0 nitrogen and oxygen atoms in total. The predicted molar refractivity (Wildman–Crippen MR) is 92.7 cm³/mol. The minimum absolute atomic E-state index is 0.430. The van der Waals surface area contributed by atoms with Crippen LogP contribution in [0.25, 0.3) is 6.08 Å². The molecular formula is C15H8BrCl3SZr-. The molecule has 1 atom stereocenters. The van der Waals surface area contributed by atoms with Gasteiger partial charge in [-0.3, -0.25) is 0 Å². The summed E-state index contributed by atoms with van der Waals surface area (Å²) >= 11 is 3.29. The summed E-state index contributed by atoms with van der Waals surface area (Å²) in [6.45, 7) is 0. The van der Waals surface area contributed by atoms with Gasteiger partial charge >= 0.3 is 43.7 Å². The Morgan fingerprint density at radius 1 is 1.19 bits per heavy atom. The van der Waals surface area contributed by atoms with E-state index < -0.39 is 18.2 Å². The van der Waals surface area contributed by atoms with Gasteiger partial charge in [-0.1, -0.05) is 26.9 Å². The van der Waals surface area contributed by atoms with Crippen molar-refractivity contribution in [2.45, 2.75) is 10.8 Å². The van der Waals surface area contributed by atoms with Gasteiger partial charge in [0.15, 0.2) is 0 Å². The van der Waals surface area contributed by atoms with Crippen LogP contribution in [0.5, 0.6) is 0 Å². The molecule has 0 aromatic heterocycles. The van der Waals surface area contributed by atoms with Crippen LogP contribution in [-0.4, -0.2) is 0 Å². The summed E-state index contributed by atoms with van der Waals surface area (Å²) in [6, 6.07) is 16.2. The Hall–Kier alpha value is 0.763. The van der Waals surface area contributed by atoms with Gasteiger partial charge in [0.2, 0.25) is 0 Å². The van der Waals surface area contributed by atoms with Crippen molar-refractivity contribution in [1.29, 1.82) is 0 Å². The Morgan fingerprint density at radius 3 is 2.71 bits per heavy atom. The fourth-order valence-electron chi connectivity index (χ4n) is 2.59. The normalized spacial score (nSPS) is 17.1. The van der Waals surface area contributed by atoms with Gasteiger partial charge < -0.3 is 0 Å². The molecule has 0 radical (unpaired) electrons. The second-order valence-electron chi connectivity index (χ2n) is 4.52. The van der Waals surface area contributed by atoms with E-state index in [4.69, 9.17) is 25.5 Å². The molecule has 6 heteroatoms. The zero-order valence-corrected chi connectivity index (χ0v) is 17.7. The first kappa shape index (κ1) is 16.6. The van der Waals surface area contributed by atoms with Gasteiger partial charge in [0.25, 0.3) is 0 Å². The van der Waals surface area contributed by atoms with E-state index in [-0.39, 0.29) is 0 Å². The standard InChI is InChI=1S/C15H8BrS.3ClH.Zr/c16-10-5-6-11-9(7-10)8-14-15(11)12-3-1-2-4-13(12)17-14;;;;/h1-2,4-8,15H;3*1H;/q-1;;;;+3/p-3. The topological polar surface area (TPSA) is 0 Å². The quantitative estimate of drug-likeness (QED) is 0.357. The second kappa shape index (κ2) is 7.11. The molecule has 4 rings (SSSR count). The molecule has 2 aliphatic rings. The number of benzene rings is 2. The minimum atomic E-state index is -2.13. The molecule has 0 bridgehead atoms. The fourth-order valence-corrected chi connectivity index (χ4v) is 4.20. The van der Waals surface area contributed by atoms with Crippen molar-refractivity contribution in [3.8, 4) is 0 Å². The van der Waals surface area contributed by atoms with E-state index in [1.54, 1.807) is 0 Å². The van der Waals surface area contributed by atoms with E-state index in [9.17, 15) is 0 Å². The van der Waals surface area contributed by atoms with Crippen LogP contribution >= 0.6 is 53.2 Å². The van der Waals surface area contributed by atoms with E-state index in [1.807, 2.05) is 17.8 Å². The van der Waals surface area contributed by atoms with Gasteiger partial charge in [0.05, 0.1) is 0 Å². The third kappa shape index (κ3) is 3.65. The third-order valence-corrected chi connectivity index (χ3v) is 4.97. The van der Waals surface area contributed by atoms with E-state index in [0.29, 0.717) is 5.92 Å². The second-order valence-corrected chi connectivity index (χ2v) is 17.7. The number of hydrogen-bond donors (Lipinski definition) is 0. The number of fused-ring (bicyclic) bond motifs is 5. The van der Waals surface area contributed by atoms with Gasteiger partial charge in [-0.25, -0.2) is 0 Å². The van der Waals surface area contributed by atoms with Gasteiger partial charge in [-0.05, 0) is 34.2 Å².